The van der Waals surface area contributed by atoms with Crippen LogP contribution in [0.1, 0.15) is 33.5 Å². The van der Waals surface area contributed by atoms with E-state index in [9.17, 15) is 4.79 Å². The van der Waals surface area contributed by atoms with Gasteiger partial charge in [-0.1, -0.05) is 11.6 Å². The highest BCUT2D eigenvalue weighted by Crippen LogP contribution is 2.48. The first-order valence-electron chi connectivity index (χ1n) is 10.4. The molecule has 1 aliphatic heterocycles. The number of hydrogen-bond donors (Lipinski definition) is 0. The number of halogens is 1. The summed E-state index contributed by atoms with van der Waals surface area (Å²) >= 11 is 6.48. The maximum atomic E-state index is 13.5. The molecule has 3 aromatic rings. The smallest absolute Gasteiger partial charge is 0.196 e. The van der Waals surface area contributed by atoms with Crippen LogP contribution in [0.25, 0.3) is 21.7 Å². The topological polar surface area (TPSA) is 85.6 Å². The fourth-order valence-corrected chi connectivity index (χ4v) is 4.62. The predicted octanol–water partition coefficient (Wildman–Crippen LogP) is 4.99. The zero-order valence-corrected chi connectivity index (χ0v) is 20.4. The van der Waals surface area contributed by atoms with Crippen LogP contribution in [0.4, 0.5) is 0 Å². The predicted molar refractivity (Wildman–Crippen MR) is 124 cm³/mol. The number of rotatable bonds is 6. The molecule has 8 nitrogen and oxygen atoms in total. The van der Waals surface area contributed by atoms with Crippen molar-refractivity contribution < 1.29 is 32.8 Å². The molecule has 2 heterocycles. The third-order valence-electron chi connectivity index (χ3n) is 5.87. The van der Waals surface area contributed by atoms with Crippen molar-refractivity contribution in [1.29, 1.82) is 0 Å². The van der Waals surface area contributed by atoms with Crippen LogP contribution >= 0.6 is 11.6 Å². The monoisotopic (exact) mass is 478 g/mol. The summed E-state index contributed by atoms with van der Waals surface area (Å²) in [5.41, 5.74) is -1.09. The molecule has 9 heteroatoms. The van der Waals surface area contributed by atoms with E-state index in [1.807, 2.05) is 27.7 Å². The SMILES string of the molecule is COCOc1cc2c(OC)cc(Cl)c(OC)c2c2oc([C@]3(C)OC(C)(C)O[C@H]3C)cc(=O)c12. The molecule has 0 N–H and O–H groups in total. The van der Waals surface area contributed by atoms with E-state index in [1.165, 1.54) is 27.4 Å². The first-order chi connectivity index (χ1) is 15.6. The van der Waals surface area contributed by atoms with Crippen LogP contribution in [-0.4, -0.2) is 40.0 Å². The average Bonchev–Trinajstić information content (AvgIpc) is 2.98. The molecule has 1 saturated heterocycles. The van der Waals surface area contributed by atoms with Crippen molar-refractivity contribution in [1.82, 2.24) is 0 Å². The van der Waals surface area contributed by atoms with Crippen molar-refractivity contribution in [2.75, 3.05) is 28.1 Å². The molecule has 2 atom stereocenters. The molecule has 1 aromatic heterocycles. The van der Waals surface area contributed by atoms with Crippen LogP contribution in [0.15, 0.2) is 27.4 Å². The minimum atomic E-state index is -1.01. The van der Waals surface area contributed by atoms with E-state index in [0.29, 0.717) is 33.1 Å². The van der Waals surface area contributed by atoms with Gasteiger partial charge in [-0.15, -0.1) is 0 Å². The average molecular weight is 479 g/mol. The largest absolute Gasteiger partial charge is 0.496 e. The van der Waals surface area contributed by atoms with Gasteiger partial charge in [-0.25, -0.2) is 0 Å². The number of fused-ring (bicyclic) bond motifs is 3. The molecule has 0 spiro atoms. The molecule has 33 heavy (non-hydrogen) atoms. The molecule has 178 valence electrons. The first kappa shape index (κ1) is 23.6. The summed E-state index contributed by atoms with van der Waals surface area (Å²) in [5, 5.41) is 1.61. The van der Waals surface area contributed by atoms with E-state index in [2.05, 4.69) is 0 Å². The lowest BCUT2D eigenvalue weighted by molar-refractivity contribution is -0.164. The number of methoxy groups -OCH3 is 3. The van der Waals surface area contributed by atoms with Gasteiger partial charge in [0, 0.05) is 24.6 Å². The summed E-state index contributed by atoms with van der Waals surface area (Å²) in [4.78, 5) is 13.5. The molecule has 0 saturated carbocycles. The van der Waals surface area contributed by atoms with Crippen molar-refractivity contribution in [3.05, 3.63) is 39.2 Å². The number of ether oxygens (including phenoxy) is 6. The van der Waals surface area contributed by atoms with E-state index in [-0.39, 0.29) is 35.0 Å². The highest BCUT2D eigenvalue weighted by atomic mass is 35.5. The van der Waals surface area contributed by atoms with Crippen molar-refractivity contribution in [2.24, 2.45) is 0 Å². The van der Waals surface area contributed by atoms with Gasteiger partial charge in [0.05, 0.1) is 30.7 Å². The molecule has 0 radical (unpaired) electrons. The zero-order chi connectivity index (χ0) is 24.1. The molecular weight excluding hydrogens is 452 g/mol. The normalized spacial score (nSPS) is 22.1. The van der Waals surface area contributed by atoms with Gasteiger partial charge < -0.3 is 32.8 Å². The molecule has 4 rings (SSSR count). The highest BCUT2D eigenvalue weighted by Gasteiger charge is 2.51. The van der Waals surface area contributed by atoms with E-state index in [0.717, 1.165) is 0 Å². The maximum Gasteiger partial charge on any atom is 0.196 e. The Balaban J connectivity index is 2.15. The Kier molecular flexibility index (Phi) is 5.99. The summed E-state index contributed by atoms with van der Waals surface area (Å²) in [6.07, 6.45) is -0.382. The maximum absolute atomic E-state index is 13.5. The fraction of sp³-hybridized carbons (Fsp3) is 0.458. The molecule has 0 unspecified atom stereocenters. The van der Waals surface area contributed by atoms with Gasteiger partial charge in [-0.2, -0.15) is 0 Å². The Morgan fingerprint density at radius 2 is 1.76 bits per heavy atom. The fourth-order valence-electron chi connectivity index (χ4n) is 4.35. The van der Waals surface area contributed by atoms with Gasteiger partial charge in [0.1, 0.15) is 28.4 Å². The van der Waals surface area contributed by atoms with Crippen LogP contribution in [0.3, 0.4) is 0 Å². The highest BCUT2D eigenvalue weighted by molar-refractivity contribution is 6.34. The summed E-state index contributed by atoms with van der Waals surface area (Å²) in [5.74, 6) is 0.554. The summed E-state index contributed by atoms with van der Waals surface area (Å²) in [6.45, 7) is 7.26. The van der Waals surface area contributed by atoms with Crippen LogP contribution in [0.5, 0.6) is 17.2 Å². The minimum absolute atomic E-state index is 0.0608. The second-order valence-electron chi connectivity index (χ2n) is 8.49. The van der Waals surface area contributed by atoms with Crippen LogP contribution in [0, 0.1) is 0 Å². The van der Waals surface area contributed by atoms with E-state index in [1.54, 1.807) is 12.1 Å². The van der Waals surface area contributed by atoms with Gasteiger partial charge in [-0.3, -0.25) is 4.79 Å². The third-order valence-corrected chi connectivity index (χ3v) is 6.15. The molecule has 0 bridgehead atoms. The second-order valence-corrected chi connectivity index (χ2v) is 8.90. The Labute approximate surface area is 196 Å². The van der Waals surface area contributed by atoms with E-state index >= 15 is 0 Å². The van der Waals surface area contributed by atoms with Crippen molar-refractivity contribution in [3.63, 3.8) is 0 Å². The summed E-state index contributed by atoms with van der Waals surface area (Å²) in [7, 11) is 4.52. The van der Waals surface area contributed by atoms with E-state index in [4.69, 9.17) is 44.4 Å². The van der Waals surface area contributed by atoms with Crippen LogP contribution in [-0.2, 0) is 19.8 Å². The molecule has 0 aliphatic carbocycles. The lowest BCUT2D eigenvalue weighted by Gasteiger charge is -2.26. The second kappa shape index (κ2) is 8.36. The third kappa shape index (κ3) is 3.81. The number of hydrogen-bond acceptors (Lipinski definition) is 8. The quantitative estimate of drug-likeness (QED) is 0.362. The number of benzene rings is 2. The van der Waals surface area contributed by atoms with Gasteiger partial charge in [0.25, 0.3) is 0 Å². The summed E-state index contributed by atoms with van der Waals surface area (Å²) in [6, 6.07) is 4.73. The lowest BCUT2D eigenvalue weighted by Crippen LogP contribution is -2.33. The lowest BCUT2D eigenvalue weighted by atomic mass is 9.95. The van der Waals surface area contributed by atoms with Crippen LogP contribution < -0.4 is 19.6 Å². The van der Waals surface area contributed by atoms with E-state index < -0.39 is 11.4 Å². The Morgan fingerprint density at radius 1 is 1.03 bits per heavy atom. The Bertz CT molecular complexity index is 1280. The first-order valence-corrected chi connectivity index (χ1v) is 10.8. The molecule has 2 aromatic carbocycles. The minimum Gasteiger partial charge on any atom is -0.496 e. The van der Waals surface area contributed by atoms with Crippen molar-refractivity contribution in [2.45, 2.75) is 45.2 Å². The standard InChI is InChI=1S/C24H27ClO8/c1-12-24(4,33-23(2,3)32-12)18-10-15(26)20-17(30-11-27-5)8-13-16(28-6)9-14(25)21(29-7)19(13)22(20)31-18/h8-10,12H,11H2,1-7H3/t12-,24+/m0/s1. The Hall–Kier alpha value is -2.52. The molecule has 1 fully saturated rings. The molecule has 1 aliphatic rings. The zero-order valence-electron chi connectivity index (χ0n) is 19.7. The molecule has 0 amide bonds. The van der Waals surface area contributed by atoms with Crippen LogP contribution in [0.2, 0.25) is 5.02 Å². The summed E-state index contributed by atoms with van der Waals surface area (Å²) < 4.78 is 40.5. The van der Waals surface area contributed by atoms with Gasteiger partial charge >= 0.3 is 0 Å². The van der Waals surface area contributed by atoms with Gasteiger partial charge in [-0.05, 0) is 33.8 Å². The van der Waals surface area contributed by atoms with Crippen molar-refractivity contribution in [3.8, 4) is 17.2 Å². The van der Waals surface area contributed by atoms with Gasteiger partial charge in [0.15, 0.2) is 29.2 Å². The molecular formula is C24H27ClO8. The van der Waals surface area contributed by atoms with Crippen molar-refractivity contribution >= 4 is 33.3 Å². The van der Waals surface area contributed by atoms with Gasteiger partial charge in [0.2, 0.25) is 0 Å². The Morgan fingerprint density at radius 3 is 2.33 bits per heavy atom.